The Labute approximate surface area is 151 Å². The lowest BCUT2D eigenvalue weighted by molar-refractivity contribution is 0.0937. The van der Waals surface area contributed by atoms with Crippen LogP contribution in [0.4, 0.5) is 0 Å². The Morgan fingerprint density at radius 3 is 2.52 bits per heavy atom. The number of hydrogen-bond acceptors (Lipinski definition) is 3. The number of hydrogen-bond donors (Lipinski definition) is 2. The Bertz CT molecular complexity index is 868. The largest absolute Gasteiger partial charge is 0.344 e. The molecular weight excluding hydrogens is 334 g/mol. The minimum Gasteiger partial charge on any atom is -0.344 e. The molecule has 0 saturated carbocycles. The quantitative estimate of drug-likeness (QED) is 0.734. The van der Waals surface area contributed by atoms with Gasteiger partial charge in [-0.1, -0.05) is 60.1 Å². The van der Waals surface area contributed by atoms with Gasteiger partial charge in [0.1, 0.15) is 0 Å². The highest BCUT2D eigenvalue weighted by atomic mass is 35.5. The summed E-state index contributed by atoms with van der Waals surface area (Å²) in [4.78, 5) is 16.8. The molecular formula is C20H18ClN3O. The molecule has 0 unspecified atom stereocenters. The lowest BCUT2D eigenvalue weighted by atomic mass is 10.0. The van der Waals surface area contributed by atoms with E-state index in [1.165, 1.54) is 6.20 Å². The predicted octanol–water partition coefficient (Wildman–Crippen LogP) is 3.83. The average Bonchev–Trinajstić information content (AvgIpc) is 2.67. The average molecular weight is 352 g/mol. The van der Waals surface area contributed by atoms with Crippen LogP contribution in [0.2, 0.25) is 5.02 Å². The summed E-state index contributed by atoms with van der Waals surface area (Å²) >= 11 is 6.23. The standard InChI is InChI=1S/C20H18ClN3O/c21-18-9-5-4-8-17(18)15-10-16(13-23-12-15)20(25)24-19(11-22)14-6-2-1-3-7-14/h1-10,12-13,19H,11,22H2,(H,24,25)/t19-/m0/s1. The number of nitrogens with one attached hydrogen (secondary N) is 1. The summed E-state index contributed by atoms with van der Waals surface area (Å²) in [5.74, 6) is -0.222. The first-order valence-corrected chi connectivity index (χ1v) is 8.32. The summed E-state index contributed by atoms with van der Waals surface area (Å²) < 4.78 is 0. The Hall–Kier alpha value is -2.69. The van der Waals surface area contributed by atoms with Gasteiger partial charge in [-0.25, -0.2) is 0 Å². The molecule has 0 radical (unpaired) electrons. The number of halogens is 1. The molecule has 25 heavy (non-hydrogen) atoms. The first kappa shape index (κ1) is 17.1. The van der Waals surface area contributed by atoms with Crippen molar-refractivity contribution >= 4 is 17.5 Å². The van der Waals surface area contributed by atoms with Crippen LogP contribution in [-0.4, -0.2) is 17.4 Å². The van der Waals surface area contributed by atoms with Crippen LogP contribution in [0.15, 0.2) is 73.1 Å². The zero-order valence-corrected chi connectivity index (χ0v) is 14.3. The highest BCUT2D eigenvalue weighted by Gasteiger charge is 2.15. The third-order valence-electron chi connectivity index (χ3n) is 3.93. The highest BCUT2D eigenvalue weighted by molar-refractivity contribution is 6.33. The van der Waals surface area contributed by atoms with Crippen molar-refractivity contribution in [2.45, 2.75) is 6.04 Å². The fraction of sp³-hybridized carbons (Fsp3) is 0.100. The molecule has 3 rings (SSSR count). The monoisotopic (exact) mass is 351 g/mol. The molecule has 1 atom stereocenters. The van der Waals surface area contributed by atoms with Gasteiger partial charge in [0.15, 0.2) is 0 Å². The Morgan fingerprint density at radius 1 is 1.08 bits per heavy atom. The van der Waals surface area contributed by atoms with E-state index in [4.69, 9.17) is 17.3 Å². The maximum Gasteiger partial charge on any atom is 0.253 e. The summed E-state index contributed by atoms with van der Waals surface area (Å²) in [6.45, 7) is 0.313. The number of aromatic nitrogens is 1. The number of rotatable bonds is 5. The Balaban J connectivity index is 1.83. The molecule has 4 nitrogen and oxygen atoms in total. The fourth-order valence-electron chi connectivity index (χ4n) is 2.61. The van der Waals surface area contributed by atoms with Crippen LogP contribution in [-0.2, 0) is 0 Å². The number of carbonyl (C=O) groups is 1. The Morgan fingerprint density at radius 2 is 1.80 bits per heavy atom. The third-order valence-corrected chi connectivity index (χ3v) is 4.26. The fourth-order valence-corrected chi connectivity index (χ4v) is 2.86. The van der Waals surface area contributed by atoms with Crippen LogP contribution in [0.1, 0.15) is 22.0 Å². The number of nitrogens with zero attached hydrogens (tertiary/aromatic N) is 1. The maximum absolute atomic E-state index is 12.6. The molecule has 3 aromatic rings. The number of carbonyl (C=O) groups excluding carboxylic acids is 1. The van der Waals surface area contributed by atoms with E-state index in [-0.39, 0.29) is 11.9 Å². The van der Waals surface area contributed by atoms with Crippen LogP contribution < -0.4 is 11.1 Å². The van der Waals surface area contributed by atoms with Gasteiger partial charge >= 0.3 is 0 Å². The summed E-state index contributed by atoms with van der Waals surface area (Å²) in [5, 5.41) is 3.57. The van der Waals surface area contributed by atoms with E-state index >= 15 is 0 Å². The SMILES string of the molecule is NC[C@H](NC(=O)c1cncc(-c2ccccc2Cl)c1)c1ccccc1. The molecule has 0 aliphatic rings. The molecule has 1 aromatic heterocycles. The van der Waals surface area contributed by atoms with Gasteiger partial charge in [0.05, 0.1) is 11.6 Å². The van der Waals surface area contributed by atoms with Gasteiger partial charge in [0, 0.05) is 35.1 Å². The zero-order chi connectivity index (χ0) is 17.6. The van der Waals surface area contributed by atoms with Gasteiger partial charge in [-0.3, -0.25) is 9.78 Å². The molecule has 5 heteroatoms. The van der Waals surface area contributed by atoms with Crippen molar-refractivity contribution in [3.8, 4) is 11.1 Å². The van der Waals surface area contributed by atoms with Crippen LogP contribution >= 0.6 is 11.6 Å². The van der Waals surface area contributed by atoms with Gasteiger partial charge < -0.3 is 11.1 Å². The molecule has 3 N–H and O–H groups in total. The van der Waals surface area contributed by atoms with Crippen molar-refractivity contribution in [2.24, 2.45) is 5.73 Å². The number of benzene rings is 2. The second-order valence-corrected chi connectivity index (χ2v) is 6.02. The summed E-state index contributed by atoms with van der Waals surface area (Å²) in [6.07, 6.45) is 3.23. The van der Waals surface area contributed by atoms with Crippen LogP contribution in [0, 0.1) is 0 Å². The first-order chi connectivity index (χ1) is 12.2. The summed E-state index contributed by atoms with van der Waals surface area (Å²) in [7, 11) is 0. The third kappa shape index (κ3) is 4.05. The van der Waals surface area contributed by atoms with Crippen molar-refractivity contribution in [3.63, 3.8) is 0 Å². The van der Waals surface area contributed by atoms with E-state index < -0.39 is 0 Å². The van der Waals surface area contributed by atoms with Crippen LogP contribution in [0.5, 0.6) is 0 Å². The molecule has 0 aliphatic heterocycles. The minimum absolute atomic E-state index is 0.222. The van der Waals surface area contributed by atoms with Crippen LogP contribution in [0.25, 0.3) is 11.1 Å². The highest BCUT2D eigenvalue weighted by Crippen LogP contribution is 2.27. The number of amides is 1. The topological polar surface area (TPSA) is 68.0 Å². The zero-order valence-electron chi connectivity index (χ0n) is 13.5. The van der Waals surface area contributed by atoms with E-state index in [1.54, 1.807) is 12.3 Å². The smallest absolute Gasteiger partial charge is 0.253 e. The lowest BCUT2D eigenvalue weighted by Crippen LogP contribution is -2.33. The normalized spacial score (nSPS) is 11.8. The van der Waals surface area contributed by atoms with E-state index in [2.05, 4.69) is 10.3 Å². The van der Waals surface area contributed by atoms with Crippen LogP contribution in [0.3, 0.4) is 0 Å². The van der Waals surface area contributed by atoms with Crippen molar-refractivity contribution in [2.75, 3.05) is 6.54 Å². The maximum atomic E-state index is 12.6. The van der Waals surface area contributed by atoms with Crippen molar-refractivity contribution < 1.29 is 4.79 Å². The molecule has 2 aromatic carbocycles. The molecule has 0 spiro atoms. The van der Waals surface area contributed by atoms with Crippen molar-refractivity contribution in [1.29, 1.82) is 0 Å². The molecule has 1 heterocycles. The second kappa shape index (κ2) is 7.92. The molecule has 0 saturated heterocycles. The minimum atomic E-state index is -0.252. The van der Waals surface area contributed by atoms with E-state index in [9.17, 15) is 4.79 Å². The second-order valence-electron chi connectivity index (χ2n) is 5.61. The predicted molar refractivity (Wildman–Crippen MR) is 100 cm³/mol. The van der Waals surface area contributed by atoms with Gasteiger partial charge in [-0.2, -0.15) is 0 Å². The lowest BCUT2D eigenvalue weighted by Gasteiger charge is -2.17. The van der Waals surface area contributed by atoms with Crippen molar-refractivity contribution in [1.82, 2.24) is 10.3 Å². The molecule has 126 valence electrons. The molecule has 0 aliphatic carbocycles. The van der Waals surface area contributed by atoms with Gasteiger partial charge in [0.25, 0.3) is 5.91 Å². The first-order valence-electron chi connectivity index (χ1n) is 7.95. The number of pyridine rings is 1. The van der Waals surface area contributed by atoms with E-state index in [0.717, 1.165) is 16.7 Å². The number of nitrogens with two attached hydrogens (primary N) is 1. The van der Waals surface area contributed by atoms with E-state index in [1.807, 2.05) is 54.6 Å². The van der Waals surface area contributed by atoms with Crippen molar-refractivity contribution in [3.05, 3.63) is 89.2 Å². The summed E-state index contributed by atoms with van der Waals surface area (Å²) in [6, 6.07) is 18.6. The van der Waals surface area contributed by atoms with Gasteiger partial charge in [-0.05, 0) is 17.7 Å². The van der Waals surface area contributed by atoms with Gasteiger partial charge in [0.2, 0.25) is 0 Å². The molecule has 0 fully saturated rings. The van der Waals surface area contributed by atoms with E-state index in [0.29, 0.717) is 17.1 Å². The molecule has 1 amide bonds. The van der Waals surface area contributed by atoms with Gasteiger partial charge in [-0.15, -0.1) is 0 Å². The molecule has 0 bridgehead atoms. The Kier molecular flexibility index (Phi) is 5.43. The summed E-state index contributed by atoms with van der Waals surface area (Å²) in [5.41, 5.74) is 8.89.